The van der Waals surface area contributed by atoms with Crippen LogP contribution in [-0.2, 0) is 0 Å². The van der Waals surface area contributed by atoms with Crippen LogP contribution in [0.25, 0.3) is 0 Å². The molecule has 2 fully saturated rings. The van der Waals surface area contributed by atoms with Crippen molar-refractivity contribution in [2.75, 3.05) is 19.7 Å². The zero-order chi connectivity index (χ0) is 12.7. The molecule has 3 aliphatic rings. The van der Waals surface area contributed by atoms with E-state index in [9.17, 15) is 0 Å². The maximum absolute atomic E-state index is 5.80. The molecule has 1 aromatic carbocycles. The lowest BCUT2D eigenvalue weighted by Crippen LogP contribution is -2.39. The van der Waals surface area contributed by atoms with Crippen molar-refractivity contribution in [3.8, 4) is 5.75 Å². The van der Waals surface area contributed by atoms with Gasteiger partial charge in [-0.05, 0) is 25.3 Å². The van der Waals surface area contributed by atoms with Crippen LogP contribution in [0, 0.1) is 0 Å². The van der Waals surface area contributed by atoms with Gasteiger partial charge in [0.25, 0.3) is 0 Å². The van der Waals surface area contributed by atoms with E-state index in [0.29, 0.717) is 12.1 Å². The third-order valence-corrected chi connectivity index (χ3v) is 4.92. The second-order valence-electron chi connectivity index (χ2n) is 6.11. The average molecular weight is 258 g/mol. The second kappa shape index (κ2) is 4.80. The molecule has 0 amide bonds. The molecule has 3 unspecified atom stereocenters. The van der Waals surface area contributed by atoms with E-state index in [-0.39, 0.29) is 0 Å². The highest BCUT2D eigenvalue weighted by atomic mass is 16.5. The predicted molar refractivity (Wildman–Crippen MR) is 75.4 cm³/mol. The number of hydrogen-bond donors (Lipinski definition) is 1. The molecule has 0 radical (unpaired) electrons. The first-order valence-electron chi connectivity index (χ1n) is 7.62. The van der Waals surface area contributed by atoms with E-state index >= 15 is 0 Å². The van der Waals surface area contributed by atoms with Gasteiger partial charge in [0, 0.05) is 43.2 Å². The molecule has 0 saturated carbocycles. The van der Waals surface area contributed by atoms with Crippen LogP contribution in [0.15, 0.2) is 24.3 Å². The number of para-hydroxylation sites is 1. The number of rotatable bonds is 1. The van der Waals surface area contributed by atoms with E-state index in [4.69, 9.17) is 4.74 Å². The van der Waals surface area contributed by atoms with Gasteiger partial charge < -0.3 is 10.1 Å². The fourth-order valence-corrected chi connectivity index (χ4v) is 3.96. The van der Waals surface area contributed by atoms with E-state index in [1.54, 1.807) is 0 Å². The van der Waals surface area contributed by atoms with E-state index in [0.717, 1.165) is 24.8 Å². The monoisotopic (exact) mass is 258 g/mol. The number of ether oxygens (including phenoxy) is 1. The Kier molecular flexibility index (Phi) is 2.97. The number of hydrogen-bond acceptors (Lipinski definition) is 3. The average Bonchev–Trinajstić information content (AvgIpc) is 2.78. The Hall–Kier alpha value is -1.06. The molecule has 1 aromatic rings. The summed E-state index contributed by atoms with van der Waals surface area (Å²) in [7, 11) is 0. The summed E-state index contributed by atoms with van der Waals surface area (Å²) in [6.07, 6.45) is 5.17. The second-order valence-corrected chi connectivity index (χ2v) is 6.11. The van der Waals surface area contributed by atoms with Gasteiger partial charge in [-0.25, -0.2) is 0 Å². The van der Waals surface area contributed by atoms with E-state index < -0.39 is 0 Å². The standard InChI is InChI=1S/C16H22N2O/c1-2-4-16-14(3-1)15(8-10-19-16)18-9-7-12-5-6-13(11-18)17-12/h1-4,12-13,15,17H,5-11H2. The van der Waals surface area contributed by atoms with Gasteiger partial charge in [-0.3, -0.25) is 4.90 Å². The third kappa shape index (κ3) is 2.15. The summed E-state index contributed by atoms with van der Waals surface area (Å²) in [6, 6.07) is 10.6. The van der Waals surface area contributed by atoms with Crippen molar-refractivity contribution >= 4 is 0 Å². The van der Waals surface area contributed by atoms with Crippen LogP contribution in [0.1, 0.15) is 37.3 Å². The van der Waals surface area contributed by atoms with Crippen molar-refractivity contribution in [2.45, 2.75) is 43.8 Å². The number of nitrogens with one attached hydrogen (secondary N) is 1. The van der Waals surface area contributed by atoms with Gasteiger partial charge in [0.15, 0.2) is 0 Å². The minimum Gasteiger partial charge on any atom is -0.493 e. The van der Waals surface area contributed by atoms with Gasteiger partial charge >= 0.3 is 0 Å². The first-order valence-corrected chi connectivity index (χ1v) is 7.62. The molecule has 1 N–H and O–H groups in total. The van der Waals surface area contributed by atoms with Crippen LogP contribution < -0.4 is 10.1 Å². The summed E-state index contributed by atoms with van der Waals surface area (Å²) in [5, 5.41) is 3.77. The first kappa shape index (κ1) is 11.7. The predicted octanol–water partition coefficient (Wildman–Crippen LogP) is 2.34. The smallest absolute Gasteiger partial charge is 0.124 e. The SMILES string of the molecule is c1ccc2c(c1)OCCC2N1CCC2CCC(C1)N2. The molecule has 3 heterocycles. The molecule has 0 aromatic heterocycles. The van der Waals surface area contributed by atoms with Crippen LogP contribution >= 0.6 is 0 Å². The number of nitrogens with zero attached hydrogens (tertiary/aromatic N) is 1. The van der Waals surface area contributed by atoms with Crippen LogP contribution in [0.4, 0.5) is 0 Å². The zero-order valence-electron chi connectivity index (χ0n) is 11.3. The van der Waals surface area contributed by atoms with Crippen LogP contribution in [0.2, 0.25) is 0 Å². The van der Waals surface area contributed by atoms with Crippen molar-refractivity contribution in [1.82, 2.24) is 10.2 Å². The maximum atomic E-state index is 5.80. The molecule has 3 nitrogen and oxygen atoms in total. The molecule has 0 aliphatic carbocycles. The van der Waals surface area contributed by atoms with E-state index in [1.807, 2.05) is 0 Å². The van der Waals surface area contributed by atoms with Crippen LogP contribution in [0.5, 0.6) is 5.75 Å². The molecule has 2 saturated heterocycles. The van der Waals surface area contributed by atoms with Crippen LogP contribution in [0.3, 0.4) is 0 Å². The van der Waals surface area contributed by atoms with E-state index in [1.165, 1.54) is 37.9 Å². The fourth-order valence-electron chi connectivity index (χ4n) is 3.96. The largest absolute Gasteiger partial charge is 0.493 e. The van der Waals surface area contributed by atoms with Gasteiger partial charge in [0.1, 0.15) is 5.75 Å². The molecular weight excluding hydrogens is 236 g/mol. The van der Waals surface area contributed by atoms with Gasteiger partial charge in [0.2, 0.25) is 0 Å². The number of fused-ring (bicyclic) bond motifs is 3. The lowest BCUT2D eigenvalue weighted by Gasteiger charge is -2.36. The Morgan fingerprint density at radius 3 is 2.95 bits per heavy atom. The van der Waals surface area contributed by atoms with Crippen molar-refractivity contribution < 1.29 is 4.74 Å². The fraction of sp³-hybridized carbons (Fsp3) is 0.625. The quantitative estimate of drug-likeness (QED) is 0.837. The topological polar surface area (TPSA) is 24.5 Å². The third-order valence-electron chi connectivity index (χ3n) is 4.92. The maximum Gasteiger partial charge on any atom is 0.124 e. The van der Waals surface area contributed by atoms with Crippen molar-refractivity contribution in [3.63, 3.8) is 0 Å². The zero-order valence-corrected chi connectivity index (χ0v) is 11.3. The van der Waals surface area contributed by atoms with Crippen LogP contribution in [-0.4, -0.2) is 36.7 Å². The summed E-state index contributed by atoms with van der Waals surface area (Å²) in [6.45, 7) is 3.29. The van der Waals surface area contributed by atoms with Crippen molar-refractivity contribution in [3.05, 3.63) is 29.8 Å². The van der Waals surface area contributed by atoms with Gasteiger partial charge in [-0.2, -0.15) is 0 Å². The minimum atomic E-state index is 0.561. The summed E-state index contributed by atoms with van der Waals surface area (Å²) in [4.78, 5) is 2.69. The van der Waals surface area contributed by atoms with Gasteiger partial charge in [-0.15, -0.1) is 0 Å². The lowest BCUT2D eigenvalue weighted by atomic mass is 9.97. The highest BCUT2D eigenvalue weighted by molar-refractivity contribution is 5.37. The van der Waals surface area contributed by atoms with Gasteiger partial charge in [-0.1, -0.05) is 18.2 Å². The lowest BCUT2D eigenvalue weighted by molar-refractivity contribution is 0.134. The normalized spacial score (nSPS) is 34.4. The molecule has 102 valence electrons. The van der Waals surface area contributed by atoms with Crippen molar-refractivity contribution in [1.29, 1.82) is 0 Å². The Labute approximate surface area is 114 Å². The number of likely N-dealkylation sites (tertiary alicyclic amines) is 1. The Morgan fingerprint density at radius 2 is 1.95 bits per heavy atom. The summed E-state index contributed by atoms with van der Waals surface area (Å²) >= 11 is 0. The molecular formula is C16H22N2O. The first-order chi connectivity index (χ1) is 9.40. The molecule has 4 rings (SSSR count). The summed E-state index contributed by atoms with van der Waals surface area (Å²) < 4.78 is 5.80. The van der Waals surface area contributed by atoms with Gasteiger partial charge in [0.05, 0.1) is 6.61 Å². The molecule has 3 aliphatic heterocycles. The highest BCUT2D eigenvalue weighted by Gasteiger charge is 2.34. The molecule has 0 spiro atoms. The summed E-state index contributed by atoms with van der Waals surface area (Å²) in [5.41, 5.74) is 1.39. The Morgan fingerprint density at radius 1 is 1.05 bits per heavy atom. The molecule has 3 heteroatoms. The highest BCUT2D eigenvalue weighted by Crippen LogP contribution is 2.37. The minimum absolute atomic E-state index is 0.561. The molecule has 3 atom stereocenters. The number of benzene rings is 1. The Balaban J connectivity index is 1.59. The van der Waals surface area contributed by atoms with E-state index in [2.05, 4.69) is 34.5 Å². The molecule has 2 bridgehead atoms. The molecule has 19 heavy (non-hydrogen) atoms. The summed E-state index contributed by atoms with van der Waals surface area (Å²) in [5.74, 6) is 1.10. The van der Waals surface area contributed by atoms with Crippen molar-refractivity contribution in [2.24, 2.45) is 0 Å². The Bertz CT molecular complexity index is 462.